The van der Waals surface area contributed by atoms with E-state index in [9.17, 15) is 0 Å². The van der Waals surface area contributed by atoms with E-state index in [1.807, 2.05) is 6.07 Å². The van der Waals surface area contributed by atoms with Crippen LogP contribution in [0.5, 0.6) is 0 Å². The minimum absolute atomic E-state index is 0. The summed E-state index contributed by atoms with van der Waals surface area (Å²) >= 11 is 1.74. The number of thiazole rings is 1. The molecule has 138 valence electrons. The van der Waals surface area contributed by atoms with Gasteiger partial charge in [0.25, 0.3) is 0 Å². The van der Waals surface area contributed by atoms with E-state index in [4.69, 9.17) is 4.98 Å². The van der Waals surface area contributed by atoms with Gasteiger partial charge in [-0.1, -0.05) is 51.1 Å². The Labute approximate surface area is 172 Å². The highest BCUT2D eigenvalue weighted by Gasteiger charge is 2.17. The number of benzene rings is 1. The first-order valence-electron chi connectivity index (χ1n) is 8.42. The van der Waals surface area contributed by atoms with Gasteiger partial charge in [0.1, 0.15) is 0 Å². The summed E-state index contributed by atoms with van der Waals surface area (Å²) in [6.45, 7) is 8.30. The summed E-state index contributed by atoms with van der Waals surface area (Å²) in [5, 5.41) is 10.1. The van der Waals surface area contributed by atoms with Gasteiger partial charge in [0, 0.05) is 37.4 Å². The maximum atomic E-state index is 4.72. The number of aromatic nitrogens is 1. The molecule has 0 spiro atoms. The molecular formula is C19H29IN4S. The summed E-state index contributed by atoms with van der Waals surface area (Å²) < 4.78 is 0. The van der Waals surface area contributed by atoms with Gasteiger partial charge in [0.05, 0.1) is 10.7 Å². The zero-order valence-corrected chi connectivity index (χ0v) is 18.7. The molecule has 25 heavy (non-hydrogen) atoms. The SMILES string of the molecule is CN=C(NCCc1ccccc1)NCCc1nc(C(C)(C)C)cs1.I. The van der Waals surface area contributed by atoms with Crippen molar-refractivity contribution < 1.29 is 0 Å². The first-order chi connectivity index (χ1) is 11.5. The second-order valence-corrected chi connectivity index (χ2v) is 7.73. The minimum Gasteiger partial charge on any atom is -0.356 e. The molecule has 0 fully saturated rings. The third-order valence-electron chi connectivity index (χ3n) is 3.72. The fraction of sp³-hybridized carbons (Fsp3) is 0.474. The van der Waals surface area contributed by atoms with Crippen molar-refractivity contribution in [1.82, 2.24) is 15.6 Å². The van der Waals surface area contributed by atoms with E-state index in [1.165, 1.54) is 16.3 Å². The second-order valence-electron chi connectivity index (χ2n) is 6.79. The molecule has 1 heterocycles. The smallest absolute Gasteiger partial charge is 0.191 e. The maximum absolute atomic E-state index is 4.72. The van der Waals surface area contributed by atoms with Gasteiger partial charge in [-0.05, 0) is 12.0 Å². The number of nitrogens with zero attached hydrogens (tertiary/aromatic N) is 2. The highest BCUT2D eigenvalue weighted by atomic mass is 127. The van der Waals surface area contributed by atoms with E-state index in [0.717, 1.165) is 31.9 Å². The van der Waals surface area contributed by atoms with Crippen LogP contribution < -0.4 is 10.6 Å². The Morgan fingerprint density at radius 2 is 1.72 bits per heavy atom. The molecule has 0 amide bonds. The average Bonchev–Trinajstić information content (AvgIpc) is 3.03. The van der Waals surface area contributed by atoms with Crippen molar-refractivity contribution in [3.05, 3.63) is 52.0 Å². The van der Waals surface area contributed by atoms with Crippen LogP contribution >= 0.6 is 35.3 Å². The van der Waals surface area contributed by atoms with Crippen molar-refractivity contribution in [2.45, 2.75) is 39.0 Å². The van der Waals surface area contributed by atoms with Crippen molar-refractivity contribution in [1.29, 1.82) is 0 Å². The van der Waals surface area contributed by atoms with Crippen LogP contribution in [-0.4, -0.2) is 31.1 Å². The average molecular weight is 472 g/mol. The van der Waals surface area contributed by atoms with E-state index in [-0.39, 0.29) is 29.4 Å². The van der Waals surface area contributed by atoms with E-state index in [0.29, 0.717) is 0 Å². The van der Waals surface area contributed by atoms with Gasteiger partial charge < -0.3 is 10.6 Å². The molecule has 0 aliphatic carbocycles. The molecule has 2 rings (SSSR count). The molecule has 0 radical (unpaired) electrons. The second kappa shape index (κ2) is 10.8. The van der Waals surface area contributed by atoms with Gasteiger partial charge >= 0.3 is 0 Å². The zero-order valence-electron chi connectivity index (χ0n) is 15.5. The summed E-state index contributed by atoms with van der Waals surface area (Å²) in [6, 6.07) is 10.5. The molecule has 2 N–H and O–H groups in total. The molecule has 2 aromatic rings. The van der Waals surface area contributed by atoms with Crippen LogP contribution in [0.25, 0.3) is 0 Å². The normalized spacial score (nSPS) is 11.8. The van der Waals surface area contributed by atoms with Crippen LogP contribution in [0.3, 0.4) is 0 Å². The van der Waals surface area contributed by atoms with Crippen molar-refractivity contribution in [3.63, 3.8) is 0 Å². The fourth-order valence-corrected chi connectivity index (χ4v) is 3.27. The van der Waals surface area contributed by atoms with E-state index in [1.54, 1.807) is 18.4 Å². The van der Waals surface area contributed by atoms with Crippen LogP contribution in [0.1, 0.15) is 37.0 Å². The third kappa shape index (κ3) is 7.73. The summed E-state index contributed by atoms with van der Waals surface area (Å²) in [7, 11) is 1.80. The van der Waals surface area contributed by atoms with Crippen molar-refractivity contribution in [2.24, 2.45) is 4.99 Å². The van der Waals surface area contributed by atoms with Crippen LogP contribution in [0.4, 0.5) is 0 Å². The summed E-state index contributed by atoms with van der Waals surface area (Å²) in [5.41, 5.74) is 2.63. The highest BCUT2D eigenvalue weighted by Crippen LogP contribution is 2.23. The lowest BCUT2D eigenvalue weighted by Gasteiger charge is -2.14. The summed E-state index contributed by atoms with van der Waals surface area (Å²) in [4.78, 5) is 9.00. The van der Waals surface area contributed by atoms with Gasteiger partial charge in [0.2, 0.25) is 0 Å². The van der Waals surface area contributed by atoms with Gasteiger partial charge in [-0.25, -0.2) is 4.98 Å². The van der Waals surface area contributed by atoms with Crippen molar-refractivity contribution in [3.8, 4) is 0 Å². The molecule has 0 unspecified atom stereocenters. The minimum atomic E-state index is 0. The Kier molecular flexibility index (Phi) is 9.42. The number of hydrogen-bond acceptors (Lipinski definition) is 3. The van der Waals surface area contributed by atoms with Gasteiger partial charge in [-0.15, -0.1) is 35.3 Å². The number of aliphatic imine (C=N–C) groups is 1. The lowest BCUT2D eigenvalue weighted by molar-refractivity contribution is 0.570. The Bertz CT molecular complexity index is 647. The van der Waals surface area contributed by atoms with Crippen LogP contribution in [0, 0.1) is 0 Å². The molecule has 1 aromatic carbocycles. The van der Waals surface area contributed by atoms with E-state index < -0.39 is 0 Å². The number of rotatable bonds is 6. The van der Waals surface area contributed by atoms with E-state index >= 15 is 0 Å². The molecule has 0 aliphatic heterocycles. The Morgan fingerprint density at radius 1 is 1.08 bits per heavy atom. The number of hydrogen-bond donors (Lipinski definition) is 2. The first kappa shape index (κ1) is 21.9. The van der Waals surface area contributed by atoms with Crippen LogP contribution in [-0.2, 0) is 18.3 Å². The predicted molar refractivity (Wildman–Crippen MR) is 119 cm³/mol. The summed E-state index contributed by atoms with van der Waals surface area (Å²) in [6.07, 6.45) is 1.91. The van der Waals surface area contributed by atoms with Crippen LogP contribution in [0.15, 0.2) is 40.7 Å². The molecule has 1 aromatic heterocycles. The molecule has 0 atom stereocenters. The molecule has 4 nitrogen and oxygen atoms in total. The number of nitrogens with one attached hydrogen (secondary N) is 2. The van der Waals surface area contributed by atoms with Crippen molar-refractivity contribution >= 4 is 41.3 Å². The quantitative estimate of drug-likeness (QED) is 0.380. The largest absolute Gasteiger partial charge is 0.356 e. The number of guanidine groups is 1. The van der Waals surface area contributed by atoms with Crippen molar-refractivity contribution in [2.75, 3.05) is 20.1 Å². The predicted octanol–water partition coefficient (Wildman–Crippen LogP) is 4.01. The van der Waals surface area contributed by atoms with Gasteiger partial charge in [0.15, 0.2) is 5.96 Å². The summed E-state index contributed by atoms with van der Waals surface area (Å²) in [5.74, 6) is 0.846. The standard InChI is InChI=1S/C19H28N4S.HI/c1-19(2,3)16-14-24-17(23-16)11-13-22-18(20-4)21-12-10-15-8-6-5-7-9-15;/h5-9,14H,10-13H2,1-4H3,(H2,20,21,22);1H. The molecular weight excluding hydrogens is 443 g/mol. The third-order valence-corrected chi connectivity index (χ3v) is 4.63. The van der Waals surface area contributed by atoms with Crippen LogP contribution in [0.2, 0.25) is 0 Å². The monoisotopic (exact) mass is 472 g/mol. The van der Waals surface area contributed by atoms with E-state index in [2.05, 4.69) is 66.0 Å². The Balaban J connectivity index is 0.00000312. The zero-order chi connectivity index (χ0) is 17.4. The molecule has 0 bridgehead atoms. The Hall–Kier alpha value is -1.15. The van der Waals surface area contributed by atoms with Gasteiger partial charge in [-0.3, -0.25) is 4.99 Å². The molecule has 0 saturated carbocycles. The fourth-order valence-electron chi connectivity index (χ4n) is 2.25. The maximum Gasteiger partial charge on any atom is 0.191 e. The first-order valence-corrected chi connectivity index (χ1v) is 9.30. The molecule has 0 aliphatic rings. The highest BCUT2D eigenvalue weighted by molar-refractivity contribution is 14.0. The lowest BCUT2D eigenvalue weighted by atomic mass is 9.93. The molecule has 0 saturated heterocycles. The Morgan fingerprint density at radius 3 is 2.28 bits per heavy atom. The molecule has 6 heteroatoms. The number of halogens is 1. The lowest BCUT2D eigenvalue weighted by Crippen LogP contribution is -2.39. The topological polar surface area (TPSA) is 49.3 Å². The van der Waals surface area contributed by atoms with Gasteiger partial charge in [-0.2, -0.15) is 0 Å².